The molecule has 0 spiro atoms. The lowest BCUT2D eigenvalue weighted by Crippen LogP contribution is -2.47. The standard InChI is InChI=1S/C26H30ClN3O6/c1-2-3-4-5-13-35-26(34)22(31)17-30(28-25(33)23-15-24(32)29-36-23)16-18-9-11-19(12-10-18)20-7-6-8-21(27)14-20/h6-12,14-15,22,31H,2-5,13,16-17H2,1H3,(H,28,33)(H,29,32)/t22-/m1/s1. The van der Waals surface area contributed by atoms with Crippen molar-refractivity contribution in [3.63, 3.8) is 0 Å². The number of nitrogens with one attached hydrogen (secondary N) is 1. The summed E-state index contributed by atoms with van der Waals surface area (Å²) < 4.78 is 9.95. The van der Waals surface area contributed by atoms with Crippen LogP contribution in [-0.2, 0) is 16.1 Å². The molecule has 0 aliphatic heterocycles. The summed E-state index contributed by atoms with van der Waals surface area (Å²) in [5.41, 5.74) is 5.31. The number of carbonyl (C=O) groups excluding carboxylic acids is 2. The highest BCUT2D eigenvalue weighted by Gasteiger charge is 2.24. The van der Waals surface area contributed by atoms with Crippen molar-refractivity contribution in [1.82, 2.24) is 15.6 Å². The molecular weight excluding hydrogens is 486 g/mol. The molecule has 10 heteroatoms. The van der Waals surface area contributed by atoms with Crippen molar-refractivity contribution in [3.05, 3.63) is 70.9 Å². The molecule has 9 nitrogen and oxygen atoms in total. The Labute approximate surface area is 214 Å². The second-order valence-corrected chi connectivity index (χ2v) is 8.76. The average molecular weight is 516 g/mol. The van der Waals surface area contributed by atoms with Gasteiger partial charge in [-0.2, -0.15) is 0 Å². The number of nitrogens with zero attached hydrogens (tertiary/aromatic N) is 2. The van der Waals surface area contributed by atoms with E-state index in [0.717, 1.165) is 48.4 Å². The highest BCUT2D eigenvalue weighted by molar-refractivity contribution is 6.30. The number of ether oxygens (including phenoxy) is 1. The number of aromatic hydroxyl groups is 1. The van der Waals surface area contributed by atoms with Crippen LogP contribution in [0.3, 0.4) is 0 Å². The molecule has 0 aliphatic carbocycles. The maximum atomic E-state index is 12.5. The number of hydrogen-bond acceptors (Lipinski definition) is 8. The zero-order chi connectivity index (χ0) is 25.9. The minimum Gasteiger partial charge on any atom is -0.491 e. The zero-order valence-corrected chi connectivity index (χ0v) is 20.8. The van der Waals surface area contributed by atoms with E-state index in [-0.39, 0.29) is 25.5 Å². The molecule has 1 aromatic heterocycles. The van der Waals surface area contributed by atoms with E-state index >= 15 is 0 Å². The van der Waals surface area contributed by atoms with Gasteiger partial charge in [-0.15, -0.1) is 0 Å². The van der Waals surface area contributed by atoms with Crippen molar-refractivity contribution in [1.29, 1.82) is 0 Å². The molecular formula is C26H30ClN3O6. The Bertz CT molecular complexity index is 1130. The van der Waals surface area contributed by atoms with E-state index in [2.05, 4.69) is 17.5 Å². The normalized spacial score (nSPS) is 11.9. The van der Waals surface area contributed by atoms with Gasteiger partial charge in [0.1, 0.15) is 0 Å². The zero-order valence-electron chi connectivity index (χ0n) is 20.0. The fraction of sp³-hybridized carbons (Fsp3) is 0.346. The van der Waals surface area contributed by atoms with Crippen LogP contribution in [0, 0.1) is 0 Å². The summed E-state index contributed by atoms with van der Waals surface area (Å²) in [7, 11) is 0. The Kier molecular flexibility index (Phi) is 10.3. The lowest BCUT2D eigenvalue weighted by Gasteiger charge is -2.24. The first kappa shape index (κ1) is 27.2. The summed E-state index contributed by atoms with van der Waals surface area (Å²) >= 11 is 6.09. The van der Waals surface area contributed by atoms with Crippen molar-refractivity contribution in [2.75, 3.05) is 13.2 Å². The van der Waals surface area contributed by atoms with Gasteiger partial charge in [0.25, 0.3) is 5.88 Å². The van der Waals surface area contributed by atoms with Crippen LogP contribution in [0.2, 0.25) is 5.02 Å². The van der Waals surface area contributed by atoms with Gasteiger partial charge in [0, 0.05) is 11.6 Å². The Balaban J connectivity index is 1.66. The first-order chi connectivity index (χ1) is 17.4. The van der Waals surface area contributed by atoms with Gasteiger partial charge in [-0.25, -0.2) is 9.80 Å². The number of rotatable bonds is 13. The Hall–Kier alpha value is -3.40. The van der Waals surface area contributed by atoms with E-state index in [1.807, 2.05) is 42.5 Å². The molecule has 192 valence electrons. The lowest BCUT2D eigenvalue weighted by atomic mass is 10.0. The predicted octanol–water partition coefficient (Wildman–Crippen LogP) is 4.33. The number of benzene rings is 2. The fourth-order valence-corrected chi connectivity index (χ4v) is 3.68. The van der Waals surface area contributed by atoms with Crippen molar-refractivity contribution in [2.24, 2.45) is 0 Å². The number of carbonyl (C=O) groups is 2. The third-order valence-corrected chi connectivity index (χ3v) is 5.61. The first-order valence-corrected chi connectivity index (χ1v) is 12.1. The molecule has 2 aromatic carbocycles. The minimum atomic E-state index is -1.48. The van der Waals surface area contributed by atoms with Crippen molar-refractivity contribution >= 4 is 23.5 Å². The van der Waals surface area contributed by atoms with E-state index in [0.29, 0.717) is 5.02 Å². The molecule has 3 N–H and O–H groups in total. The third-order valence-electron chi connectivity index (χ3n) is 5.37. The maximum absolute atomic E-state index is 12.5. The van der Waals surface area contributed by atoms with Gasteiger partial charge in [-0.3, -0.25) is 10.2 Å². The number of aliphatic hydroxyl groups excluding tert-OH is 1. The molecule has 36 heavy (non-hydrogen) atoms. The summed E-state index contributed by atoms with van der Waals surface area (Å²) in [6.45, 7) is 2.26. The molecule has 0 saturated carbocycles. The lowest BCUT2D eigenvalue weighted by molar-refractivity contribution is -0.155. The summed E-state index contributed by atoms with van der Waals surface area (Å²) in [5, 5.41) is 25.1. The van der Waals surface area contributed by atoms with Gasteiger partial charge < -0.3 is 19.5 Å². The molecule has 0 unspecified atom stereocenters. The molecule has 0 radical (unpaired) electrons. The van der Waals surface area contributed by atoms with Crippen LogP contribution < -0.4 is 5.43 Å². The molecule has 3 rings (SSSR count). The van der Waals surface area contributed by atoms with Crippen LogP contribution in [-0.4, -0.2) is 51.5 Å². The fourth-order valence-electron chi connectivity index (χ4n) is 3.49. The number of unbranched alkanes of at least 4 members (excludes halogenated alkanes) is 3. The van der Waals surface area contributed by atoms with Gasteiger partial charge >= 0.3 is 11.9 Å². The number of halogens is 1. The van der Waals surface area contributed by atoms with Crippen molar-refractivity contribution in [2.45, 2.75) is 45.3 Å². The number of esters is 1. The molecule has 0 bridgehead atoms. The van der Waals surface area contributed by atoms with Crippen LogP contribution in [0.1, 0.15) is 48.7 Å². The van der Waals surface area contributed by atoms with Crippen molar-refractivity contribution in [3.8, 4) is 17.0 Å². The second-order valence-electron chi connectivity index (χ2n) is 8.32. The average Bonchev–Trinajstić information content (AvgIpc) is 3.30. The summed E-state index contributed by atoms with van der Waals surface area (Å²) in [6.07, 6.45) is 2.30. The SMILES string of the molecule is CCCCCCOC(=O)[C@H](O)CN(Cc1ccc(-c2cccc(Cl)c2)cc1)NC(=O)c1cc(O)no1. The minimum absolute atomic E-state index is 0.169. The highest BCUT2D eigenvalue weighted by Crippen LogP contribution is 2.23. The van der Waals surface area contributed by atoms with Crippen LogP contribution in [0.4, 0.5) is 0 Å². The smallest absolute Gasteiger partial charge is 0.336 e. The van der Waals surface area contributed by atoms with E-state index in [1.54, 1.807) is 6.07 Å². The molecule has 0 saturated heterocycles. The molecule has 1 heterocycles. The van der Waals surface area contributed by atoms with Crippen LogP contribution in [0.25, 0.3) is 11.1 Å². The van der Waals surface area contributed by atoms with E-state index < -0.39 is 23.9 Å². The van der Waals surface area contributed by atoms with Gasteiger partial charge in [0.05, 0.1) is 19.2 Å². The van der Waals surface area contributed by atoms with Gasteiger partial charge in [0.15, 0.2) is 6.10 Å². The summed E-state index contributed by atoms with van der Waals surface area (Å²) in [4.78, 5) is 24.8. The predicted molar refractivity (Wildman–Crippen MR) is 134 cm³/mol. The first-order valence-electron chi connectivity index (χ1n) is 11.8. The van der Waals surface area contributed by atoms with Crippen LogP contribution in [0.5, 0.6) is 5.88 Å². The molecule has 0 fully saturated rings. The summed E-state index contributed by atoms with van der Waals surface area (Å²) in [5.74, 6) is -2.12. The molecule has 1 atom stereocenters. The van der Waals surface area contributed by atoms with Crippen molar-refractivity contribution < 1.29 is 29.1 Å². The Morgan fingerprint density at radius 3 is 2.56 bits per heavy atom. The Morgan fingerprint density at radius 1 is 1.11 bits per heavy atom. The monoisotopic (exact) mass is 515 g/mol. The van der Waals surface area contributed by atoms with Gasteiger partial charge in [0.2, 0.25) is 5.76 Å². The molecule has 3 aromatic rings. The second kappa shape index (κ2) is 13.6. The quantitative estimate of drug-likeness (QED) is 0.174. The Morgan fingerprint density at radius 2 is 1.89 bits per heavy atom. The largest absolute Gasteiger partial charge is 0.491 e. The highest BCUT2D eigenvalue weighted by atomic mass is 35.5. The van der Waals surface area contributed by atoms with E-state index in [4.69, 9.17) is 20.9 Å². The van der Waals surface area contributed by atoms with E-state index in [1.165, 1.54) is 5.01 Å². The third kappa shape index (κ3) is 8.37. The van der Waals surface area contributed by atoms with Crippen LogP contribution >= 0.6 is 11.6 Å². The van der Waals surface area contributed by atoms with Gasteiger partial charge in [-0.1, -0.05) is 74.2 Å². The molecule has 1 amide bonds. The van der Waals surface area contributed by atoms with Crippen LogP contribution in [0.15, 0.2) is 59.1 Å². The number of aliphatic hydroxyl groups is 1. The number of aromatic nitrogens is 1. The number of amides is 1. The molecule has 0 aliphatic rings. The summed E-state index contributed by atoms with van der Waals surface area (Å²) in [6, 6.07) is 16.1. The van der Waals surface area contributed by atoms with E-state index in [9.17, 15) is 19.8 Å². The maximum Gasteiger partial charge on any atom is 0.336 e. The topological polar surface area (TPSA) is 125 Å². The number of hydrogen-bond donors (Lipinski definition) is 3. The number of hydrazine groups is 1. The van der Waals surface area contributed by atoms with Gasteiger partial charge in [-0.05, 0) is 40.4 Å².